The van der Waals surface area contributed by atoms with Gasteiger partial charge in [0.25, 0.3) is 0 Å². The van der Waals surface area contributed by atoms with E-state index in [1.54, 1.807) is 0 Å². The molecule has 1 aromatic heterocycles. The van der Waals surface area contributed by atoms with Gasteiger partial charge in [0.1, 0.15) is 0 Å². The molecule has 1 saturated carbocycles. The van der Waals surface area contributed by atoms with Crippen molar-refractivity contribution in [3.05, 3.63) is 47.2 Å². The molecule has 0 amide bonds. The highest BCUT2D eigenvalue weighted by atomic mass is 15.1. The molecular weight excluding hydrogens is 332 g/mol. The van der Waals surface area contributed by atoms with Crippen molar-refractivity contribution in [2.75, 3.05) is 6.54 Å². The number of hydrogen-bond donors (Lipinski definition) is 2. The normalized spacial score (nSPS) is 23.4. The summed E-state index contributed by atoms with van der Waals surface area (Å²) in [6.45, 7) is 10.8. The molecule has 1 aromatic carbocycles. The molecule has 2 aromatic rings. The van der Waals surface area contributed by atoms with Gasteiger partial charge in [0, 0.05) is 24.2 Å². The van der Waals surface area contributed by atoms with Crippen molar-refractivity contribution in [2.24, 2.45) is 5.92 Å². The Hall–Kier alpha value is -1.78. The number of nitrogens with one attached hydrogen (secondary N) is 2. The molecule has 0 saturated heterocycles. The second kappa shape index (κ2) is 7.69. The average Bonchev–Trinajstić information content (AvgIpc) is 3.24. The van der Waals surface area contributed by atoms with Gasteiger partial charge >= 0.3 is 0 Å². The number of rotatable bonds is 7. The van der Waals surface area contributed by atoms with Crippen molar-refractivity contribution in [1.29, 1.82) is 0 Å². The molecular formula is C23H32N4. The first-order valence-electron chi connectivity index (χ1n) is 10.4. The fourth-order valence-corrected chi connectivity index (χ4v) is 4.78. The lowest BCUT2D eigenvalue weighted by molar-refractivity contribution is 0.411. The number of benzene rings is 1. The van der Waals surface area contributed by atoms with E-state index in [1.165, 1.54) is 35.1 Å². The second-order valence-corrected chi connectivity index (χ2v) is 8.89. The number of aromatic nitrogens is 2. The van der Waals surface area contributed by atoms with Gasteiger partial charge in [0.15, 0.2) is 0 Å². The number of hydrogen-bond acceptors (Lipinski definition) is 4. The summed E-state index contributed by atoms with van der Waals surface area (Å²) in [5.74, 6) is 2.03. The lowest BCUT2D eigenvalue weighted by Crippen LogP contribution is -2.31. The van der Waals surface area contributed by atoms with Crippen LogP contribution in [0.3, 0.4) is 0 Å². The molecule has 4 heteroatoms. The van der Waals surface area contributed by atoms with Crippen molar-refractivity contribution in [3.63, 3.8) is 0 Å². The third-order valence-electron chi connectivity index (χ3n) is 6.16. The van der Waals surface area contributed by atoms with E-state index in [0.29, 0.717) is 23.9 Å². The fraction of sp³-hybridized carbons (Fsp3) is 0.565. The molecule has 2 N–H and O–H groups in total. The zero-order valence-corrected chi connectivity index (χ0v) is 17.0. The van der Waals surface area contributed by atoms with E-state index in [9.17, 15) is 0 Å². The molecule has 1 heterocycles. The second-order valence-electron chi connectivity index (χ2n) is 8.89. The van der Waals surface area contributed by atoms with E-state index < -0.39 is 0 Å². The lowest BCUT2D eigenvalue weighted by Gasteiger charge is -2.26. The standard InChI is InChI=1S/C23H32N4/c1-14(2)24-11-16-5-7-17(8-6-16)23-22-20-10-18(21(22)13-26-27-23)9-19(20)12-25-15(3)4/h5-8,13-15,18-20,24-25H,9-12H2,1-4H3. The van der Waals surface area contributed by atoms with Gasteiger partial charge in [-0.3, -0.25) is 0 Å². The van der Waals surface area contributed by atoms with Crippen LogP contribution in [0.15, 0.2) is 30.5 Å². The van der Waals surface area contributed by atoms with Gasteiger partial charge in [-0.05, 0) is 53.8 Å². The largest absolute Gasteiger partial charge is 0.314 e. The van der Waals surface area contributed by atoms with Gasteiger partial charge < -0.3 is 10.6 Å². The predicted molar refractivity (Wildman–Crippen MR) is 111 cm³/mol. The third kappa shape index (κ3) is 3.78. The van der Waals surface area contributed by atoms with E-state index in [4.69, 9.17) is 0 Å². The third-order valence-corrected chi connectivity index (χ3v) is 6.16. The first kappa shape index (κ1) is 18.6. The van der Waals surface area contributed by atoms with Gasteiger partial charge in [0.2, 0.25) is 0 Å². The van der Waals surface area contributed by atoms with Crippen molar-refractivity contribution >= 4 is 0 Å². The van der Waals surface area contributed by atoms with E-state index in [2.05, 4.69) is 72.8 Å². The Morgan fingerprint density at radius 2 is 1.74 bits per heavy atom. The Morgan fingerprint density at radius 3 is 2.44 bits per heavy atom. The van der Waals surface area contributed by atoms with Crippen LogP contribution in [-0.4, -0.2) is 28.8 Å². The monoisotopic (exact) mass is 364 g/mol. The molecule has 2 bridgehead atoms. The molecule has 1 fully saturated rings. The van der Waals surface area contributed by atoms with E-state index >= 15 is 0 Å². The summed E-state index contributed by atoms with van der Waals surface area (Å²) in [7, 11) is 0. The minimum atomic E-state index is 0.500. The zero-order valence-electron chi connectivity index (χ0n) is 17.0. The number of nitrogens with zero attached hydrogens (tertiary/aromatic N) is 2. The summed E-state index contributed by atoms with van der Waals surface area (Å²) in [5.41, 5.74) is 6.56. The van der Waals surface area contributed by atoms with Crippen LogP contribution in [0.2, 0.25) is 0 Å². The van der Waals surface area contributed by atoms with Crippen molar-refractivity contribution in [1.82, 2.24) is 20.8 Å². The molecule has 2 aliphatic rings. The Labute approximate surface area is 163 Å². The minimum absolute atomic E-state index is 0.500. The van der Waals surface area contributed by atoms with Crippen molar-refractivity contribution < 1.29 is 0 Å². The summed E-state index contributed by atoms with van der Waals surface area (Å²) in [6, 6.07) is 9.92. The molecule has 2 aliphatic carbocycles. The van der Waals surface area contributed by atoms with Crippen molar-refractivity contribution in [2.45, 2.75) is 71.0 Å². The highest BCUT2D eigenvalue weighted by molar-refractivity contribution is 5.67. The smallest absolute Gasteiger partial charge is 0.0967 e. The summed E-state index contributed by atoms with van der Waals surface area (Å²) in [6.07, 6.45) is 4.59. The average molecular weight is 365 g/mol. The van der Waals surface area contributed by atoms with Gasteiger partial charge in [-0.25, -0.2) is 0 Å². The fourth-order valence-electron chi connectivity index (χ4n) is 4.78. The van der Waals surface area contributed by atoms with E-state index in [0.717, 1.165) is 24.7 Å². The molecule has 4 nitrogen and oxygen atoms in total. The van der Waals surface area contributed by atoms with Crippen LogP contribution in [0, 0.1) is 5.92 Å². The summed E-state index contributed by atoms with van der Waals surface area (Å²) in [4.78, 5) is 0. The van der Waals surface area contributed by atoms with E-state index in [-0.39, 0.29) is 0 Å². The Balaban J connectivity index is 1.58. The maximum absolute atomic E-state index is 4.59. The molecule has 144 valence electrons. The summed E-state index contributed by atoms with van der Waals surface area (Å²) >= 11 is 0. The zero-order chi connectivity index (χ0) is 19.0. The Bertz CT molecular complexity index is 781. The molecule has 27 heavy (non-hydrogen) atoms. The first-order chi connectivity index (χ1) is 13.0. The van der Waals surface area contributed by atoms with Gasteiger partial charge in [-0.15, -0.1) is 0 Å². The molecule has 4 rings (SSSR count). The van der Waals surface area contributed by atoms with Gasteiger partial charge in [0.05, 0.1) is 11.9 Å². The predicted octanol–water partition coefficient (Wildman–Crippen LogP) is 4.23. The quantitative estimate of drug-likeness (QED) is 0.772. The molecule has 3 unspecified atom stereocenters. The molecule has 0 radical (unpaired) electrons. The van der Waals surface area contributed by atoms with Crippen LogP contribution in [0.25, 0.3) is 11.3 Å². The Morgan fingerprint density at radius 1 is 1.00 bits per heavy atom. The molecule has 3 atom stereocenters. The molecule has 0 aliphatic heterocycles. The van der Waals surface area contributed by atoms with Crippen molar-refractivity contribution in [3.8, 4) is 11.3 Å². The minimum Gasteiger partial charge on any atom is -0.314 e. The van der Waals surface area contributed by atoms with Crippen LogP contribution < -0.4 is 10.6 Å². The van der Waals surface area contributed by atoms with Crippen LogP contribution in [0.5, 0.6) is 0 Å². The summed E-state index contributed by atoms with van der Waals surface area (Å²) < 4.78 is 0. The van der Waals surface area contributed by atoms with Crippen LogP contribution in [-0.2, 0) is 6.54 Å². The van der Waals surface area contributed by atoms with E-state index in [1.807, 2.05) is 6.20 Å². The van der Waals surface area contributed by atoms with Gasteiger partial charge in [-0.2, -0.15) is 10.2 Å². The number of fused-ring (bicyclic) bond motifs is 5. The van der Waals surface area contributed by atoms with Crippen LogP contribution >= 0.6 is 0 Å². The maximum Gasteiger partial charge on any atom is 0.0967 e. The maximum atomic E-state index is 4.59. The topological polar surface area (TPSA) is 49.8 Å². The van der Waals surface area contributed by atoms with Crippen LogP contribution in [0.1, 0.15) is 69.1 Å². The van der Waals surface area contributed by atoms with Gasteiger partial charge in [-0.1, -0.05) is 52.0 Å². The SMILES string of the molecule is CC(C)NCc1ccc(-c2nncc3c2C2CC3CC2CNC(C)C)cc1. The lowest BCUT2D eigenvalue weighted by atomic mass is 9.82. The highest BCUT2D eigenvalue weighted by Crippen LogP contribution is 2.57. The Kier molecular flexibility index (Phi) is 5.29. The summed E-state index contributed by atoms with van der Waals surface area (Å²) in [5, 5.41) is 16.1. The molecule has 0 spiro atoms. The van der Waals surface area contributed by atoms with Crippen LogP contribution in [0.4, 0.5) is 0 Å². The first-order valence-corrected chi connectivity index (χ1v) is 10.4. The highest BCUT2D eigenvalue weighted by Gasteiger charge is 2.45.